The first-order chi connectivity index (χ1) is 24.8. The fraction of sp³-hybridized carbons (Fsp3) is 0.120. The molecule has 0 N–H and O–H groups in total. The van der Waals surface area contributed by atoms with Crippen LogP contribution in [-0.4, -0.2) is 0 Å². The van der Waals surface area contributed by atoms with Crippen molar-refractivity contribution in [2.45, 2.75) is 38.5 Å². The first-order valence-electron chi connectivity index (χ1n) is 18.1. The highest BCUT2D eigenvalue weighted by Gasteiger charge is 2.42. The summed E-state index contributed by atoms with van der Waals surface area (Å²) in [6, 6.07) is 60.9. The Labute approximate surface area is 300 Å². The van der Waals surface area contributed by atoms with Crippen molar-refractivity contribution < 1.29 is 0 Å². The molecular weight excluding hydrogens is 615 g/mol. The van der Waals surface area contributed by atoms with Gasteiger partial charge in [0.1, 0.15) is 0 Å². The zero-order chi connectivity index (χ0) is 34.5. The lowest BCUT2D eigenvalue weighted by molar-refractivity contribution is 0.666. The third-order valence-corrected chi connectivity index (χ3v) is 11.8. The average molecular weight is 654 g/mol. The maximum atomic E-state index is 2.58. The normalized spacial score (nSPS) is 14.6. The summed E-state index contributed by atoms with van der Waals surface area (Å²) in [5.74, 6) is 0. The molecule has 1 heteroatoms. The van der Waals surface area contributed by atoms with Crippen molar-refractivity contribution in [2.75, 3.05) is 4.90 Å². The number of fused-ring (bicyclic) bond motifs is 10. The quantitative estimate of drug-likeness (QED) is 0.183. The van der Waals surface area contributed by atoms with E-state index < -0.39 is 0 Å². The van der Waals surface area contributed by atoms with Gasteiger partial charge in [-0.15, -0.1) is 0 Å². The zero-order valence-electron chi connectivity index (χ0n) is 29.5. The van der Waals surface area contributed by atoms with E-state index in [1.807, 2.05) is 0 Å². The molecule has 0 heterocycles. The van der Waals surface area contributed by atoms with Crippen LogP contribution in [0, 0.1) is 0 Å². The van der Waals surface area contributed by atoms with Gasteiger partial charge in [-0.2, -0.15) is 0 Å². The average Bonchev–Trinajstić information content (AvgIpc) is 3.56. The Morgan fingerprint density at radius 3 is 1.31 bits per heavy atom. The molecule has 2 aliphatic rings. The molecular formula is C50H39N. The van der Waals surface area contributed by atoms with Crippen molar-refractivity contribution in [3.8, 4) is 33.4 Å². The number of anilines is 3. The molecule has 0 spiro atoms. The third kappa shape index (κ3) is 4.22. The maximum absolute atomic E-state index is 2.58. The molecule has 0 aliphatic heterocycles. The molecule has 2 aliphatic carbocycles. The molecule has 0 atom stereocenters. The Morgan fingerprint density at radius 2 is 0.804 bits per heavy atom. The zero-order valence-corrected chi connectivity index (χ0v) is 29.5. The topological polar surface area (TPSA) is 3.24 Å². The number of benzene rings is 8. The molecule has 0 saturated carbocycles. The Hall–Kier alpha value is -5.92. The minimum Gasteiger partial charge on any atom is -0.309 e. The number of hydrogen-bond acceptors (Lipinski definition) is 1. The minimum absolute atomic E-state index is 0.162. The van der Waals surface area contributed by atoms with Crippen molar-refractivity contribution in [1.29, 1.82) is 0 Å². The number of nitrogens with zero attached hydrogens (tertiary/aromatic N) is 1. The fourth-order valence-corrected chi connectivity index (χ4v) is 9.46. The highest BCUT2D eigenvalue weighted by molar-refractivity contribution is 6.10. The van der Waals surface area contributed by atoms with Gasteiger partial charge in [-0.25, -0.2) is 0 Å². The molecule has 244 valence electrons. The standard InChI is InChI=1S/C50H39N/c1-49(2)41-24-14-12-22-39(41)45-43(30-34-18-8-10-20-37(34)47(45)49)51(36-28-26-33(27-29-36)32-16-6-5-7-17-32)44-31-35-19-9-11-21-38(35)48-46(44)40-23-13-15-25-42(40)50(48,3)4/h5-31H,1-4H3. The molecule has 0 radical (unpaired) electrons. The van der Waals surface area contributed by atoms with Crippen molar-refractivity contribution >= 4 is 38.6 Å². The number of rotatable bonds is 4. The van der Waals surface area contributed by atoms with E-state index in [4.69, 9.17) is 0 Å². The van der Waals surface area contributed by atoms with Gasteiger partial charge in [0.2, 0.25) is 0 Å². The molecule has 1 nitrogen and oxygen atoms in total. The Kier molecular flexibility index (Phi) is 6.34. The monoisotopic (exact) mass is 653 g/mol. The van der Waals surface area contributed by atoms with Gasteiger partial charge in [-0.1, -0.05) is 167 Å². The van der Waals surface area contributed by atoms with Gasteiger partial charge in [0.15, 0.2) is 0 Å². The summed E-state index contributed by atoms with van der Waals surface area (Å²) in [5, 5.41) is 5.17. The van der Waals surface area contributed by atoms with E-state index >= 15 is 0 Å². The van der Waals surface area contributed by atoms with Gasteiger partial charge in [-0.05, 0) is 90.3 Å². The summed E-state index contributed by atoms with van der Waals surface area (Å²) in [5.41, 5.74) is 16.6. The Morgan fingerprint density at radius 1 is 0.392 bits per heavy atom. The van der Waals surface area contributed by atoms with E-state index in [0.29, 0.717) is 0 Å². The fourth-order valence-electron chi connectivity index (χ4n) is 9.46. The van der Waals surface area contributed by atoms with Gasteiger partial charge in [0, 0.05) is 27.6 Å². The number of hydrogen-bond donors (Lipinski definition) is 0. The minimum atomic E-state index is -0.162. The molecule has 0 aromatic heterocycles. The van der Waals surface area contributed by atoms with Crippen LogP contribution >= 0.6 is 0 Å². The van der Waals surface area contributed by atoms with E-state index in [-0.39, 0.29) is 10.8 Å². The SMILES string of the molecule is CC1(C)c2ccccc2-c2c(N(c3ccc(-c4ccccc4)cc3)c3cc4ccccc4c4c3-c3ccccc3C4(C)C)cc3ccccc3c21. The highest BCUT2D eigenvalue weighted by Crippen LogP contribution is 2.60. The van der Waals surface area contributed by atoms with E-state index in [9.17, 15) is 0 Å². The van der Waals surface area contributed by atoms with Gasteiger partial charge >= 0.3 is 0 Å². The van der Waals surface area contributed by atoms with Crippen molar-refractivity contribution in [3.05, 3.63) is 186 Å². The molecule has 0 fully saturated rings. The summed E-state index contributed by atoms with van der Waals surface area (Å²) < 4.78 is 0. The van der Waals surface area contributed by atoms with Crippen LogP contribution in [0.3, 0.4) is 0 Å². The summed E-state index contributed by atoms with van der Waals surface area (Å²) in [6.07, 6.45) is 0. The Balaban J connectivity index is 1.36. The first kappa shape index (κ1) is 29.9. The van der Waals surface area contributed by atoms with Gasteiger partial charge < -0.3 is 4.90 Å². The van der Waals surface area contributed by atoms with E-state index in [0.717, 1.165) is 5.69 Å². The first-order valence-corrected chi connectivity index (χ1v) is 18.1. The Bertz CT molecular complexity index is 2530. The molecule has 0 saturated heterocycles. The molecule has 10 rings (SSSR count). The van der Waals surface area contributed by atoms with Crippen molar-refractivity contribution in [3.63, 3.8) is 0 Å². The molecule has 51 heavy (non-hydrogen) atoms. The van der Waals surface area contributed by atoms with Crippen LogP contribution in [0.4, 0.5) is 17.1 Å². The van der Waals surface area contributed by atoms with Crippen LogP contribution in [-0.2, 0) is 10.8 Å². The predicted octanol–water partition coefficient (Wildman–Crippen LogP) is 13.7. The summed E-state index contributed by atoms with van der Waals surface area (Å²) in [7, 11) is 0. The summed E-state index contributed by atoms with van der Waals surface area (Å²) in [4.78, 5) is 2.58. The smallest absolute Gasteiger partial charge is 0.0549 e. The van der Waals surface area contributed by atoms with E-state index in [1.165, 1.54) is 88.6 Å². The molecule has 8 aromatic carbocycles. The van der Waals surface area contributed by atoms with Crippen LogP contribution in [0.2, 0.25) is 0 Å². The van der Waals surface area contributed by atoms with E-state index in [2.05, 4.69) is 196 Å². The van der Waals surface area contributed by atoms with Gasteiger partial charge in [0.05, 0.1) is 11.4 Å². The van der Waals surface area contributed by atoms with Gasteiger partial charge in [0.25, 0.3) is 0 Å². The molecule has 0 unspecified atom stereocenters. The third-order valence-electron chi connectivity index (χ3n) is 11.8. The van der Waals surface area contributed by atoms with Crippen LogP contribution in [0.1, 0.15) is 49.9 Å². The molecule has 0 amide bonds. The second kappa shape index (κ2) is 10.8. The lowest BCUT2D eigenvalue weighted by atomic mass is 9.79. The lowest BCUT2D eigenvalue weighted by Gasteiger charge is -2.33. The largest absolute Gasteiger partial charge is 0.309 e. The lowest BCUT2D eigenvalue weighted by Crippen LogP contribution is -2.18. The summed E-state index contributed by atoms with van der Waals surface area (Å²) in [6.45, 7) is 9.61. The second-order valence-electron chi connectivity index (χ2n) is 15.3. The van der Waals surface area contributed by atoms with Gasteiger partial charge in [-0.3, -0.25) is 0 Å². The van der Waals surface area contributed by atoms with E-state index in [1.54, 1.807) is 0 Å². The molecule has 0 bridgehead atoms. The second-order valence-corrected chi connectivity index (χ2v) is 15.3. The van der Waals surface area contributed by atoms with Crippen molar-refractivity contribution in [1.82, 2.24) is 0 Å². The van der Waals surface area contributed by atoms with Crippen LogP contribution in [0.5, 0.6) is 0 Å². The van der Waals surface area contributed by atoms with Crippen LogP contribution < -0.4 is 4.90 Å². The maximum Gasteiger partial charge on any atom is 0.0549 e. The van der Waals surface area contributed by atoms with Crippen LogP contribution in [0.15, 0.2) is 164 Å². The highest BCUT2D eigenvalue weighted by atomic mass is 15.1. The summed E-state index contributed by atoms with van der Waals surface area (Å²) >= 11 is 0. The van der Waals surface area contributed by atoms with Crippen molar-refractivity contribution in [2.24, 2.45) is 0 Å². The van der Waals surface area contributed by atoms with Crippen LogP contribution in [0.25, 0.3) is 54.9 Å². The predicted molar refractivity (Wildman–Crippen MR) is 217 cm³/mol. The molecule has 8 aromatic rings.